The van der Waals surface area contributed by atoms with Crippen molar-refractivity contribution in [3.05, 3.63) is 65.2 Å². The van der Waals surface area contributed by atoms with E-state index in [1.165, 1.54) is 13.2 Å². The van der Waals surface area contributed by atoms with E-state index < -0.39 is 5.97 Å². The van der Waals surface area contributed by atoms with Crippen LogP contribution in [0.5, 0.6) is 5.75 Å². The van der Waals surface area contributed by atoms with Gasteiger partial charge in [0.05, 0.1) is 19.8 Å². The quantitative estimate of drug-likeness (QED) is 0.675. The van der Waals surface area contributed by atoms with Crippen LogP contribution >= 0.6 is 0 Å². The molecule has 0 aliphatic heterocycles. The number of carbonyl (C=O) groups excluding carboxylic acids is 2. The molecule has 0 radical (unpaired) electrons. The Morgan fingerprint density at radius 2 is 1.75 bits per heavy atom. The Balaban J connectivity index is 2.08. The van der Waals surface area contributed by atoms with Crippen LogP contribution in [0.4, 0.5) is 5.69 Å². The van der Waals surface area contributed by atoms with Crippen LogP contribution in [0.25, 0.3) is 6.08 Å². The monoisotopic (exact) mass is 325 g/mol. The fourth-order valence-corrected chi connectivity index (χ4v) is 2.06. The number of benzene rings is 2. The van der Waals surface area contributed by atoms with Gasteiger partial charge in [-0.05, 0) is 48.4 Å². The summed E-state index contributed by atoms with van der Waals surface area (Å²) in [7, 11) is 2.92. The molecule has 0 aromatic heterocycles. The maximum absolute atomic E-state index is 12.1. The Bertz CT molecular complexity index is 763. The average Bonchev–Trinajstić information content (AvgIpc) is 2.61. The Morgan fingerprint density at radius 1 is 1.04 bits per heavy atom. The van der Waals surface area contributed by atoms with Gasteiger partial charge in [-0.3, -0.25) is 4.79 Å². The van der Waals surface area contributed by atoms with Crippen LogP contribution in [-0.4, -0.2) is 26.1 Å². The molecule has 2 aromatic carbocycles. The molecule has 2 rings (SSSR count). The van der Waals surface area contributed by atoms with E-state index in [2.05, 4.69) is 10.1 Å². The van der Waals surface area contributed by atoms with E-state index in [4.69, 9.17) is 4.74 Å². The first-order chi connectivity index (χ1) is 11.5. The molecular weight excluding hydrogens is 306 g/mol. The second kappa shape index (κ2) is 7.97. The van der Waals surface area contributed by atoms with E-state index >= 15 is 0 Å². The highest BCUT2D eigenvalue weighted by molar-refractivity contribution is 6.03. The minimum absolute atomic E-state index is 0.282. The lowest BCUT2D eigenvalue weighted by molar-refractivity contribution is -0.111. The fourth-order valence-electron chi connectivity index (χ4n) is 2.06. The summed E-state index contributed by atoms with van der Waals surface area (Å²) < 4.78 is 9.77. The first-order valence-electron chi connectivity index (χ1n) is 7.35. The number of anilines is 1. The number of nitrogens with one attached hydrogen (secondary N) is 1. The van der Waals surface area contributed by atoms with Crippen molar-refractivity contribution >= 4 is 23.6 Å². The van der Waals surface area contributed by atoms with Crippen LogP contribution in [0.1, 0.15) is 21.5 Å². The lowest BCUT2D eigenvalue weighted by atomic mass is 10.1. The second-order valence-electron chi connectivity index (χ2n) is 5.12. The standard InChI is InChI=1S/C19H19NO4/c1-13-4-8-15(19(22)24-3)12-17(13)20-18(21)11-7-14-5-9-16(23-2)10-6-14/h4-12H,1-3H3,(H,20,21)/b11-7+. The molecule has 5 heteroatoms. The number of methoxy groups -OCH3 is 2. The summed E-state index contributed by atoms with van der Waals surface area (Å²) in [6.45, 7) is 1.85. The highest BCUT2D eigenvalue weighted by Crippen LogP contribution is 2.18. The molecule has 0 heterocycles. The molecule has 0 saturated carbocycles. The Hall–Kier alpha value is -3.08. The topological polar surface area (TPSA) is 64.6 Å². The normalized spacial score (nSPS) is 10.5. The molecule has 2 aromatic rings. The molecule has 1 N–H and O–H groups in total. The summed E-state index contributed by atoms with van der Waals surface area (Å²) in [5.41, 5.74) is 2.69. The van der Waals surface area contributed by atoms with Crippen LogP contribution in [-0.2, 0) is 9.53 Å². The van der Waals surface area contributed by atoms with Gasteiger partial charge in [0.2, 0.25) is 5.91 Å². The largest absolute Gasteiger partial charge is 0.497 e. The summed E-state index contributed by atoms with van der Waals surface area (Å²) in [5.74, 6) is 0.0297. The molecule has 0 fully saturated rings. The third-order valence-electron chi connectivity index (χ3n) is 3.46. The van der Waals surface area contributed by atoms with Crippen molar-refractivity contribution < 1.29 is 19.1 Å². The number of ether oxygens (including phenoxy) is 2. The molecule has 0 spiro atoms. The number of carbonyl (C=O) groups is 2. The van der Waals surface area contributed by atoms with Crippen molar-refractivity contribution in [2.45, 2.75) is 6.92 Å². The summed E-state index contributed by atoms with van der Waals surface area (Å²) in [6.07, 6.45) is 3.14. The highest BCUT2D eigenvalue weighted by atomic mass is 16.5. The number of hydrogen-bond acceptors (Lipinski definition) is 4. The summed E-state index contributed by atoms with van der Waals surface area (Å²) in [6, 6.07) is 12.4. The van der Waals surface area contributed by atoms with Crippen molar-refractivity contribution in [2.75, 3.05) is 19.5 Å². The molecule has 0 bridgehead atoms. The number of amides is 1. The summed E-state index contributed by atoms with van der Waals surface area (Å²) in [4.78, 5) is 23.6. The molecule has 0 unspecified atom stereocenters. The lowest BCUT2D eigenvalue weighted by Gasteiger charge is -2.08. The van der Waals surface area contributed by atoms with E-state index in [0.717, 1.165) is 16.9 Å². The Morgan fingerprint density at radius 3 is 2.38 bits per heavy atom. The van der Waals surface area contributed by atoms with E-state index in [-0.39, 0.29) is 5.91 Å². The zero-order valence-electron chi connectivity index (χ0n) is 13.8. The van der Waals surface area contributed by atoms with Gasteiger partial charge in [0.1, 0.15) is 5.75 Å². The van der Waals surface area contributed by atoms with Crippen molar-refractivity contribution in [2.24, 2.45) is 0 Å². The van der Waals surface area contributed by atoms with Crippen molar-refractivity contribution in [3.8, 4) is 5.75 Å². The molecular formula is C19H19NO4. The first kappa shape index (κ1) is 17.3. The Labute approximate surface area is 140 Å². The van der Waals surface area contributed by atoms with E-state index in [1.54, 1.807) is 31.4 Å². The molecule has 0 aliphatic rings. The van der Waals surface area contributed by atoms with Crippen LogP contribution in [0, 0.1) is 6.92 Å². The summed E-state index contributed by atoms with van der Waals surface area (Å²) >= 11 is 0. The van der Waals surface area contributed by atoms with Crippen LogP contribution in [0.15, 0.2) is 48.5 Å². The molecule has 0 saturated heterocycles. The van der Waals surface area contributed by atoms with Gasteiger partial charge in [0, 0.05) is 11.8 Å². The van der Waals surface area contributed by atoms with Gasteiger partial charge in [-0.1, -0.05) is 18.2 Å². The number of esters is 1. The van der Waals surface area contributed by atoms with Gasteiger partial charge >= 0.3 is 5.97 Å². The molecule has 5 nitrogen and oxygen atoms in total. The van der Waals surface area contributed by atoms with Crippen LogP contribution in [0.2, 0.25) is 0 Å². The predicted octanol–water partition coefficient (Wildman–Crippen LogP) is 3.44. The van der Waals surface area contributed by atoms with Crippen molar-refractivity contribution in [1.29, 1.82) is 0 Å². The molecule has 0 atom stereocenters. The third-order valence-corrected chi connectivity index (χ3v) is 3.46. The Kier molecular flexibility index (Phi) is 5.73. The zero-order valence-corrected chi connectivity index (χ0v) is 13.8. The molecule has 0 aliphatic carbocycles. The van der Waals surface area contributed by atoms with Gasteiger partial charge in [0.15, 0.2) is 0 Å². The number of hydrogen-bond donors (Lipinski definition) is 1. The smallest absolute Gasteiger partial charge is 0.337 e. The van der Waals surface area contributed by atoms with E-state index in [0.29, 0.717) is 11.3 Å². The van der Waals surface area contributed by atoms with E-state index in [1.807, 2.05) is 31.2 Å². The number of aryl methyl sites for hydroxylation is 1. The van der Waals surface area contributed by atoms with Gasteiger partial charge in [-0.25, -0.2) is 4.79 Å². The fraction of sp³-hybridized carbons (Fsp3) is 0.158. The van der Waals surface area contributed by atoms with Crippen LogP contribution in [0.3, 0.4) is 0 Å². The average molecular weight is 325 g/mol. The van der Waals surface area contributed by atoms with Gasteiger partial charge in [-0.2, -0.15) is 0 Å². The summed E-state index contributed by atoms with van der Waals surface area (Å²) in [5, 5.41) is 2.76. The first-order valence-corrected chi connectivity index (χ1v) is 7.35. The van der Waals surface area contributed by atoms with Crippen molar-refractivity contribution in [3.63, 3.8) is 0 Å². The molecule has 124 valence electrons. The zero-order chi connectivity index (χ0) is 17.5. The van der Waals surface area contributed by atoms with Crippen LogP contribution < -0.4 is 10.1 Å². The maximum atomic E-state index is 12.1. The van der Waals surface area contributed by atoms with Gasteiger partial charge in [-0.15, -0.1) is 0 Å². The minimum Gasteiger partial charge on any atom is -0.497 e. The van der Waals surface area contributed by atoms with Gasteiger partial charge < -0.3 is 14.8 Å². The second-order valence-corrected chi connectivity index (χ2v) is 5.12. The lowest BCUT2D eigenvalue weighted by Crippen LogP contribution is -2.10. The highest BCUT2D eigenvalue weighted by Gasteiger charge is 2.09. The minimum atomic E-state index is -0.445. The molecule has 24 heavy (non-hydrogen) atoms. The van der Waals surface area contributed by atoms with Gasteiger partial charge in [0.25, 0.3) is 0 Å². The molecule has 1 amide bonds. The SMILES string of the molecule is COC(=O)c1ccc(C)c(NC(=O)/C=C/c2ccc(OC)cc2)c1. The third kappa shape index (κ3) is 4.46. The maximum Gasteiger partial charge on any atom is 0.337 e. The number of rotatable bonds is 5. The van der Waals surface area contributed by atoms with E-state index in [9.17, 15) is 9.59 Å². The van der Waals surface area contributed by atoms with Crippen molar-refractivity contribution in [1.82, 2.24) is 0 Å². The predicted molar refractivity (Wildman–Crippen MR) is 93.2 cm³/mol.